The van der Waals surface area contributed by atoms with Gasteiger partial charge in [0.05, 0.1) is 12.6 Å². The lowest BCUT2D eigenvalue weighted by molar-refractivity contribution is -0.154. The summed E-state index contributed by atoms with van der Waals surface area (Å²) in [6, 6.07) is 16.9. The summed E-state index contributed by atoms with van der Waals surface area (Å²) in [6.45, 7) is 0.938. The van der Waals surface area contributed by atoms with Gasteiger partial charge in [-0.05, 0) is 48.9 Å². The molecule has 6 heteroatoms. The van der Waals surface area contributed by atoms with Crippen molar-refractivity contribution in [2.24, 2.45) is 5.92 Å². The van der Waals surface area contributed by atoms with Crippen molar-refractivity contribution >= 4 is 17.5 Å². The van der Waals surface area contributed by atoms with E-state index in [2.05, 4.69) is 17.4 Å². The monoisotopic (exact) mass is 408 g/mol. The van der Waals surface area contributed by atoms with E-state index in [1.54, 1.807) is 29.2 Å². The number of carbonyl (C=O) groups excluding carboxylic acids is 2. The van der Waals surface area contributed by atoms with Crippen LogP contribution in [0.3, 0.4) is 0 Å². The molecule has 2 amide bonds. The number of benzene rings is 2. The summed E-state index contributed by atoms with van der Waals surface area (Å²) < 4.78 is 5.43. The van der Waals surface area contributed by atoms with Gasteiger partial charge in [0.1, 0.15) is 12.7 Å². The number of anilines is 1. The Hall–Kier alpha value is -2.70. The molecule has 4 rings (SSSR count). The molecule has 158 valence electrons. The topological polar surface area (TPSA) is 78.9 Å². The first kappa shape index (κ1) is 20.6. The second-order valence-electron chi connectivity index (χ2n) is 8.09. The number of hydrogen-bond donors (Lipinski definition) is 2. The number of aliphatic hydroxyl groups excluding tert-OH is 1. The summed E-state index contributed by atoms with van der Waals surface area (Å²) in [7, 11) is 0. The molecular weight excluding hydrogens is 380 g/mol. The molecule has 2 atom stereocenters. The zero-order valence-corrected chi connectivity index (χ0v) is 17.0. The normalized spacial score (nSPS) is 20.1. The van der Waals surface area contributed by atoms with Gasteiger partial charge in [-0.1, -0.05) is 42.5 Å². The van der Waals surface area contributed by atoms with E-state index in [0.717, 1.165) is 31.4 Å². The minimum Gasteiger partial charge on any atom is -0.386 e. The van der Waals surface area contributed by atoms with Crippen molar-refractivity contribution in [1.82, 2.24) is 4.90 Å². The number of rotatable bonds is 8. The highest BCUT2D eigenvalue weighted by Gasteiger charge is 2.34. The molecule has 2 fully saturated rings. The Bertz CT molecular complexity index is 865. The Morgan fingerprint density at radius 1 is 1.13 bits per heavy atom. The second-order valence-corrected chi connectivity index (χ2v) is 8.09. The van der Waals surface area contributed by atoms with Gasteiger partial charge in [0.2, 0.25) is 11.8 Å². The minimum absolute atomic E-state index is 0.0548. The average molecular weight is 408 g/mol. The van der Waals surface area contributed by atoms with Crippen molar-refractivity contribution in [3.05, 3.63) is 65.7 Å². The average Bonchev–Trinajstić information content (AvgIpc) is 3.61. The van der Waals surface area contributed by atoms with Crippen LogP contribution in [0.4, 0.5) is 5.69 Å². The number of nitrogens with zero attached hydrogens (tertiary/aromatic N) is 1. The maximum Gasteiger partial charge on any atom is 0.248 e. The first-order chi connectivity index (χ1) is 14.6. The lowest BCUT2D eigenvalue weighted by Gasteiger charge is -2.38. The number of nitrogens with one attached hydrogen (secondary N) is 1. The van der Waals surface area contributed by atoms with E-state index in [9.17, 15) is 14.7 Å². The summed E-state index contributed by atoms with van der Waals surface area (Å²) in [5.74, 6) is 0.107. The number of amides is 2. The van der Waals surface area contributed by atoms with Gasteiger partial charge in [0.25, 0.3) is 0 Å². The standard InChI is InChI=1S/C24H28N2O4/c27-22-16-30-15-21(26(22)14-4-7-17-5-2-1-3-6-17)23(28)18-10-12-20(13-11-18)25-24(29)19-8-9-19/h1-3,5-6,10-13,19,21,23,28H,4,7-9,14-16H2,(H,25,29). The molecule has 6 nitrogen and oxygen atoms in total. The fraction of sp³-hybridized carbons (Fsp3) is 0.417. The van der Waals surface area contributed by atoms with Crippen LogP contribution in [0, 0.1) is 5.92 Å². The van der Waals surface area contributed by atoms with Gasteiger partial charge in [-0.2, -0.15) is 0 Å². The fourth-order valence-corrected chi connectivity index (χ4v) is 3.85. The predicted molar refractivity (Wildman–Crippen MR) is 114 cm³/mol. The highest BCUT2D eigenvalue weighted by molar-refractivity contribution is 5.94. The van der Waals surface area contributed by atoms with Gasteiger partial charge < -0.3 is 20.1 Å². The number of aryl methyl sites for hydroxylation is 1. The minimum atomic E-state index is -0.848. The van der Waals surface area contributed by atoms with Gasteiger partial charge >= 0.3 is 0 Å². The van der Waals surface area contributed by atoms with Crippen LogP contribution in [0.1, 0.15) is 36.5 Å². The van der Waals surface area contributed by atoms with Crippen LogP contribution in [-0.4, -0.2) is 47.6 Å². The zero-order chi connectivity index (χ0) is 20.9. The first-order valence-electron chi connectivity index (χ1n) is 10.6. The lowest BCUT2D eigenvalue weighted by Crippen LogP contribution is -2.52. The molecule has 1 aliphatic carbocycles. The molecule has 0 spiro atoms. The van der Waals surface area contributed by atoms with E-state index in [0.29, 0.717) is 18.7 Å². The number of ether oxygens (including phenoxy) is 1. The molecule has 0 aromatic heterocycles. The van der Waals surface area contributed by atoms with Crippen molar-refractivity contribution in [2.45, 2.75) is 37.8 Å². The Balaban J connectivity index is 1.38. The summed E-state index contributed by atoms with van der Waals surface area (Å²) in [6.07, 6.45) is 2.77. The van der Waals surface area contributed by atoms with Crippen molar-refractivity contribution in [2.75, 3.05) is 25.1 Å². The van der Waals surface area contributed by atoms with Crippen LogP contribution in [-0.2, 0) is 20.7 Å². The zero-order valence-electron chi connectivity index (χ0n) is 17.0. The molecule has 2 N–H and O–H groups in total. The molecule has 30 heavy (non-hydrogen) atoms. The highest BCUT2D eigenvalue weighted by atomic mass is 16.5. The molecule has 2 unspecified atom stereocenters. The predicted octanol–water partition coefficient (Wildman–Crippen LogP) is 2.93. The molecule has 2 aromatic carbocycles. The molecule has 1 heterocycles. The van der Waals surface area contributed by atoms with Crippen LogP contribution in [0.2, 0.25) is 0 Å². The Kier molecular flexibility index (Phi) is 6.45. The number of aliphatic hydroxyl groups is 1. The van der Waals surface area contributed by atoms with Crippen LogP contribution >= 0.6 is 0 Å². The SMILES string of the molecule is O=C(Nc1ccc(C(O)C2COCC(=O)N2CCCc2ccccc2)cc1)C1CC1. The molecule has 1 saturated carbocycles. The smallest absolute Gasteiger partial charge is 0.248 e. The molecule has 1 saturated heterocycles. The van der Waals surface area contributed by atoms with E-state index >= 15 is 0 Å². The van der Waals surface area contributed by atoms with E-state index < -0.39 is 12.1 Å². The summed E-state index contributed by atoms with van der Waals surface area (Å²) in [5.41, 5.74) is 2.66. The van der Waals surface area contributed by atoms with Gasteiger partial charge in [-0.15, -0.1) is 0 Å². The first-order valence-corrected chi connectivity index (χ1v) is 10.6. The summed E-state index contributed by atoms with van der Waals surface area (Å²) in [5, 5.41) is 13.9. The largest absolute Gasteiger partial charge is 0.386 e. The molecule has 2 aromatic rings. The van der Waals surface area contributed by atoms with Gasteiger partial charge in [0.15, 0.2) is 0 Å². The van der Waals surface area contributed by atoms with Crippen molar-refractivity contribution in [3.63, 3.8) is 0 Å². The quantitative estimate of drug-likeness (QED) is 0.704. The second kappa shape index (κ2) is 9.41. The number of morpholine rings is 1. The van der Waals surface area contributed by atoms with E-state index in [4.69, 9.17) is 4.74 Å². The Morgan fingerprint density at radius 3 is 2.57 bits per heavy atom. The maximum atomic E-state index is 12.5. The summed E-state index contributed by atoms with van der Waals surface area (Å²) >= 11 is 0. The van der Waals surface area contributed by atoms with Gasteiger partial charge in [-0.3, -0.25) is 9.59 Å². The molecule has 2 aliphatic rings. The van der Waals surface area contributed by atoms with Crippen molar-refractivity contribution in [3.8, 4) is 0 Å². The Labute approximate surface area is 176 Å². The fourth-order valence-electron chi connectivity index (χ4n) is 3.85. The maximum absolute atomic E-state index is 12.5. The number of carbonyl (C=O) groups is 2. The van der Waals surface area contributed by atoms with Crippen LogP contribution < -0.4 is 5.32 Å². The third-order valence-electron chi connectivity index (χ3n) is 5.77. The van der Waals surface area contributed by atoms with E-state index in [1.165, 1.54) is 5.56 Å². The van der Waals surface area contributed by atoms with E-state index in [1.807, 2.05) is 18.2 Å². The molecule has 0 radical (unpaired) electrons. The van der Waals surface area contributed by atoms with Crippen molar-refractivity contribution in [1.29, 1.82) is 0 Å². The van der Waals surface area contributed by atoms with Gasteiger partial charge in [0, 0.05) is 18.2 Å². The van der Waals surface area contributed by atoms with Crippen LogP contribution in [0.25, 0.3) is 0 Å². The van der Waals surface area contributed by atoms with E-state index in [-0.39, 0.29) is 24.3 Å². The van der Waals surface area contributed by atoms with Crippen LogP contribution in [0.15, 0.2) is 54.6 Å². The number of hydrogen-bond acceptors (Lipinski definition) is 4. The third-order valence-corrected chi connectivity index (χ3v) is 5.77. The third kappa shape index (κ3) is 5.07. The lowest BCUT2D eigenvalue weighted by atomic mass is 9.99. The molecule has 0 bridgehead atoms. The van der Waals surface area contributed by atoms with Gasteiger partial charge in [-0.25, -0.2) is 0 Å². The van der Waals surface area contributed by atoms with Crippen LogP contribution in [0.5, 0.6) is 0 Å². The Morgan fingerprint density at radius 2 is 1.87 bits per heavy atom. The molecular formula is C24H28N2O4. The molecule has 1 aliphatic heterocycles. The van der Waals surface area contributed by atoms with Crippen molar-refractivity contribution < 1.29 is 19.4 Å². The summed E-state index contributed by atoms with van der Waals surface area (Å²) in [4.78, 5) is 26.1. The highest BCUT2D eigenvalue weighted by Crippen LogP contribution is 2.31.